The van der Waals surface area contributed by atoms with E-state index in [0.29, 0.717) is 11.3 Å². The third kappa shape index (κ3) is 2.60. The Kier molecular flexibility index (Phi) is 3.30. The number of hydrogen-bond donors (Lipinski definition) is 2. The number of anilines is 1. The van der Waals surface area contributed by atoms with Crippen molar-refractivity contribution in [2.45, 2.75) is 19.9 Å². The van der Waals surface area contributed by atoms with Gasteiger partial charge in [-0.3, -0.25) is 4.79 Å². The molecule has 14 heavy (non-hydrogen) atoms. The molecule has 0 unspecified atom stereocenters. The first kappa shape index (κ1) is 10.8. The van der Waals surface area contributed by atoms with Crippen LogP contribution >= 0.6 is 11.6 Å². The number of nitrogens with zero attached hydrogens (tertiary/aromatic N) is 1. The molecule has 1 heterocycles. The molecule has 0 radical (unpaired) electrons. The van der Waals surface area contributed by atoms with Gasteiger partial charge >= 0.3 is 0 Å². The fourth-order valence-electron chi connectivity index (χ4n) is 0.974. The Morgan fingerprint density at radius 2 is 2.29 bits per heavy atom. The van der Waals surface area contributed by atoms with Crippen LogP contribution in [0.15, 0.2) is 12.3 Å². The number of nitrogens with one attached hydrogen (secondary N) is 1. The van der Waals surface area contributed by atoms with Crippen molar-refractivity contribution in [2.24, 2.45) is 0 Å². The Bertz CT molecular complexity index is 352. The zero-order valence-corrected chi connectivity index (χ0v) is 8.80. The van der Waals surface area contributed by atoms with E-state index in [1.165, 1.54) is 12.3 Å². The lowest BCUT2D eigenvalue weighted by Gasteiger charge is -2.09. The van der Waals surface area contributed by atoms with Crippen LogP contribution in [0.2, 0.25) is 5.15 Å². The third-order valence-corrected chi connectivity index (χ3v) is 1.77. The molecule has 3 N–H and O–H groups in total. The van der Waals surface area contributed by atoms with Crippen LogP contribution in [0.3, 0.4) is 0 Å². The molecular weight excluding hydrogens is 202 g/mol. The van der Waals surface area contributed by atoms with Gasteiger partial charge in [0.05, 0.1) is 5.56 Å². The van der Waals surface area contributed by atoms with Gasteiger partial charge in [0.15, 0.2) is 0 Å². The second kappa shape index (κ2) is 4.28. The Balaban J connectivity index is 2.90. The first-order valence-corrected chi connectivity index (χ1v) is 4.60. The second-order valence-electron chi connectivity index (χ2n) is 3.22. The maximum Gasteiger partial charge on any atom is 0.255 e. The zero-order chi connectivity index (χ0) is 10.7. The van der Waals surface area contributed by atoms with Gasteiger partial charge in [0.1, 0.15) is 5.15 Å². The maximum atomic E-state index is 11.5. The lowest BCUT2D eigenvalue weighted by Crippen LogP contribution is -2.30. The van der Waals surface area contributed by atoms with Crippen molar-refractivity contribution in [3.05, 3.63) is 23.0 Å². The summed E-state index contributed by atoms with van der Waals surface area (Å²) in [6.45, 7) is 3.74. The predicted octanol–water partition coefficient (Wildman–Crippen LogP) is 1.46. The summed E-state index contributed by atoms with van der Waals surface area (Å²) >= 11 is 5.60. The molecule has 1 amide bonds. The van der Waals surface area contributed by atoms with E-state index >= 15 is 0 Å². The summed E-state index contributed by atoms with van der Waals surface area (Å²) in [4.78, 5) is 15.3. The van der Waals surface area contributed by atoms with E-state index in [2.05, 4.69) is 10.3 Å². The number of nitrogen functional groups attached to an aromatic ring is 1. The summed E-state index contributed by atoms with van der Waals surface area (Å²) in [6, 6.07) is 1.52. The highest BCUT2D eigenvalue weighted by molar-refractivity contribution is 6.29. The molecule has 4 nitrogen and oxygen atoms in total. The molecule has 0 spiro atoms. The highest BCUT2D eigenvalue weighted by Gasteiger charge is 2.11. The molecule has 1 aromatic heterocycles. The summed E-state index contributed by atoms with van der Waals surface area (Å²) < 4.78 is 0. The fraction of sp³-hybridized carbons (Fsp3) is 0.333. The number of carbonyl (C=O) groups is 1. The monoisotopic (exact) mass is 213 g/mol. The average molecular weight is 214 g/mol. The molecule has 0 fully saturated rings. The Hall–Kier alpha value is -1.29. The van der Waals surface area contributed by atoms with E-state index < -0.39 is 0 Å². The van der Waals surface area contributed by atoms with E-state index in [1.807, 2.05) is 13.8 Å². The Labute approximate surface area is 87.5 Å². The smallest absolute Gasteiger partial charge is 0.255 e. The molecule has 0 bridgehead atoms. The number of hydrogen-bond acceptors (Lipinski definition) is 3. The molecule has 76 valence electrons. The number of aromatic nitrogens is 1. The van der Waals surface area contributed by atoms with E-state index in [-0.39, 0.29) is 17.1 Å². The maximum absolute atomic E-state index is 11.5. The van der Waals surface area contributed by atoms with Crippen LogP contribution in [-0.2, 0) is 0 Å². The first-order valence-electron chi connectivity index (χ1n) is 4.22. The topological polar surface area (TPSA) is 68.0 Å². The molecule has 0 atom stereocenters. The fourth-order valence-corrected chi connectivity index (χ4v) is 1.14. The lowest BCUT2D eigenvalue weighted by atomic mass is 10.2. The SMILES string of the molecule is CC(C)NC(=O)c1cnc(Cl)cc1N. The molecule has 1 rings (SSSR count). The molecule has 0 aliphatic rings. The van der Waals surface area contributed by atoms with Crippen LogP contribution in [0, 0.1) is 0 Å². The van der Waals surface area contributed by atoms with Gasteiger partial charge in [0.2, 0.25) is 0 Å². The quantitative estimate of drug-likeness (QED) is 0.731. The number of carbonyl (C=O) groups excluding carboxylic acids is 1. The molecule has 0 saturated carbocycles. The van der Waals surface area contributed by atoms with Crippen molar-refractivity contribution in [2.75, 3.05) is 5.73 Å². The molecule has 0 saturated heterocycles. The van der Waals surface area contributed by atoms with Gasteiger partial charge in [-0.15, -0.1) is 0 Å². The van der Waals surface area contributed by atoms with Gasteiger partial charge < -0.3 is 11.1 Å². The van der Waals surface area contributed by atoms with Crippen LogP contribution in [0.4, 0.5) is 5.69 Å². The molecule has 0 aromatic carbocycles. The van der Waals surface area contributed by atoms with Crippen molar-refractivity contribution in [1.82, 2.24) is 10.3 Å². The van der Waals surface area contributed by atoms with Gasteiger partial charge in [-0.05, 0) is 19.9 Å². The lowest BCUT2D eigenvalue weighted by molar-refractivity contribution is 0.0943. The van der Waals surface area contributed by atoms with Gasteiger partial charge in [0, 0.05) is 17.9 Å². The summed E-state index contributed by atoms with van der Waals surface area (Å²) in [7, 11) is 0. The standard InChI is InChI=1S/C9H12ClN3O/c1-5(2)13-9(14)6-4-12-8(10)3-7(6)11/h3-5H,1-2H3,(H2,11,12)(H,13,14). The zero-order valence-electron chi connectivity index (χ0n) is 8.04. The van der Waals surface area contributed by atoms with Gasteiger partial charge in [0.25, 0.3) is 5.91 Å². The van der Waals surface area contributed by atoms with Crippen molar-refractivity contribution in [3.8, 4) is 0 Å². The van der Waals surface area contributed by atoms with Gasteiger partial charge in [-0.1, -0.05) is 11.6 Å². The second-order valence-corrected chi connectivity index (χ2v) is 3.61. The van der Waals surface area contributed by atoms with Gasteiger partial charge in [-0.2, -0.15) is 0 Å². The number of rotatable bonds is 2. The molecule has 5 heteroatoms. The van der Waals surface area contributed by atoms with E-state index in [0.717, 1.165) is 0 Å². The number of pyridine rings is 1. The minimum Gasteiger partial charge on any atom is -0.398 e. The van der Waals surface area contributed by atoms with Crippen LogP contribution in [-0.4, -0.2) is 16.9 Å². The molecule has 1 aromatic rings. The summed E-state index contributed by atoms with van der Waals surface area (Å²) in [5.74, 6) is -0.235. The van der Waals surface area contributed by atoms with E-state index in [1.54, 1.807) is 0 Å². The largest absolute Gasteiger partial charge is 0.398 e. The van der Waals surface area contributed by atoms with Crippen LogP contribution in [0.25, 0.3) is 0 Å². The molecule has 0 aliphatic heterocycles. The van der Waals surface area contributed by atoms with Crippen molar-refractivity contribution >= 4 is 23.2 Å². The Morgan fingerprint density at radius 1 is 1.64 bits per heavy atom. The third-order valence-electron chi connectivity index (χ3n) is 1.57. The number of nitrogens with two attached hydrogens (primary N) is 1. The van der Waals surface area contributed by atoms with Crippen LogP contribution < -0.4 is 11.1 Å². The highest BCUT2D eigenvalue weighted by atomic mass is 35.5. The first-order chi connectivity index (χ1) is 6.50. The van der Waals surface area contributed by atoms with Crippen molar-refractivity contribution in [3.63, 3.8) is 0 Å². The predicted molar refractivity (Wildman–Crippen MR) is 56.3 cm³/mol. The minimum absolute atomic E-state index is 0.0672. The average Bonchev–Trinajstić information content (AvgIpc) is 2.01. The summed E-state index contributed by atoms with van der Waals surface area (Å²) in [5, 5.41) is 3.00. The highest BCUT2D eigenvalue weighted by Crippen LogP contribution is 2.14. The van der Waals surface area contributed by atoms with Crippen molar-refractivity contribution < 1.29 is 4.79 Å². The van der Waals surface area contributed by atoms with Crippen molar-refractivity contribution in [1.29, 1.82) is 0 Å². The number of halogens is 1. The molecular formula is C9H12ClN3O. The van der Waals surface area contributed by atoms with Crippen LogP contribution in [0.5, 0.6) is 0 Å². The van der Waals surface area contributed by atoms with Crippen LogP contribution in [0.1, 0.15) is 24.2 Å². The summed E-state index contributed by atoms with van der Waals surface area (Å²) in [6.07, 6.45) is 1.37. The van der Waals surface area contributed by atoms with E-state index in [4.69, 9.17) is 17.3 Å². The minimum atomic E-state index is -0.235. The summed E-state index contributed by atoms with van der Waals surface area (Å²) in [5.41, 5.74) is 6.30. The van der Waals surface area contributed by atoms with Gasteiger partial charge in [-0.25, -0.2) is 4.98 Å². The van der Waals surface area contributed by atoms with E-state index in [9.17, 15) is 4.79 Å². The Morgan fingerprint density at radius 3 is 2.79 bits per heavy atom. The number of amides is 1. The normalized spacial score (nSPS) is 10.3. The molecule has 0 aliphatic carbocycles.